The predicted octanol–water partition coefficient (Wildman–Crippen LogP) is 3.20. The van der Waals surface area contributed by atoms with Crippen LogP contribution in [0.1, 0.15) is 34.1 Å². The number of likely N-dealkylation sites (N-methyl/N-ethyl adjacent to an activating group) is 1. The summed E-state index contributed by atoms with van der Waals surface area (Å²) < 4.78 is 0. The summed E-state index contributed by atoms with van der Waals surface area (Å²) >= 11 is 0. The van der Waals surface area contributed by atoms with Crippen LogP contribution in [0.5, 0.6) is 0 Å². The summed E-state index contributed by atoms with van der Waals surface area (Å²) in [5.41, 5.74) is 3.92. The lowest BCUT2D eigenvalue weighted by Crippen LogP contribution is -2.17. The lowest BCUT2D eigenvalue weighted by Gasteiger charge is -2.21. The molecule has 0 spiro atoms. The number of allylic oxidation sites excluding steroid dienone is 2. The van der Waals surface area contributed by atoms with Gasteiger partial charge in [-0.25, -0.2) is 0 Å². The van der Waals surface area contributed by atoms with Crippen LogP contribution in [0.4, 0.5) is 0 Å². The monoisotopic (exact) mass is 167 g/mol. The fraction of sp³-hybridized carbons (Fsp3) is 0.636. The number of nitrogens with zero attached hydrogens (tertiary/aromatic N) is 1. The van der Waals surface area contributed by atoms with E-state index in [1.807, 2.05) is 0 Å². The highest BCUT2D eigenvalue weighted by Crippen LogP contribution is 2.16. The number of hydrogen-bond acceptors (Lipinski definition) is 1. The van der Waals surface area contributed by atoms with Crippen LogP contribution in [0.15, 0.2) is 23.4 Å². The van der Waals surface area contributed by atoms with Gasteiger partial charge in [0.25, 0.3) is 0 Å². The number of rotatable bonds is 4. The SMILES string of the molecule is C=C(/C(C)=C(\C)CC)N(C)CC. The van der Waals surface area contributed by atoms with Crippen LogP contribution in [-0.4, -0.2) is 18.5 Å². The van der Waals surface area contributed by atoms with Gasteiger partial charge >= 0.3 is 0 Å². The quantitative estimate of drug-likeness (QED) is 0.581. The zero-order chi connectivity index (χ0) is 9.72. The minimum Gasteiger partial charge on any atom is -0.375 e. The molecular formula is C11H21N. The molecule has 0 aliphatic heterocycles. The zero-order valence-electron chi connectivity index (χ0n) is 9.07. The van der Waals surface area contributed by atoms with Crippen LogP contribution in [0.3, 0.4) is 0 Å². The second-order valence-corrected chi connectivity index (χ2v) is 3.22. The fourth-order valence-electron chi connectivity index (χ4n) is 0.989. The summed E-state index contributed by atoms with van der Waals surface area (Å²) in [5.74, 6) is 0. The van der Waals surface area contributed by atoms with E-state index in [-0.39, 0.29) is 0 Å². The van der Waals surface area contributed by atoms with Gasteiger partial charge in [-0.15, -0.1) is 0 Å². The van der Waals surface area contributed by atoms with Crippen molar-refractivity contribution in [2.45, 2.75) is 34.1 Å². The molecule has 0 rings (SSSR count). The summed E-state index contributed by atoms with van der Waals surface area (Å²) in [4.78, 5) is 2.18. The molecule has 0 atom stereocenters. The molecule has 0 heterocycles. The molecule has 0 saturated carbocycles. The van der Waals surface area contributed by atoms with Crippen molar-refractivity contribution >= 4 is 0 Å². The standard InChI is InChI=1S/C11H21N/c1-7-9(3)10(4)11(5)12(6)8-2/h5,7-8H2,1-4,6H3/b10-9+. The van der Waals surface area contributed by atoms with E-state index in [0.717, 1.165) is 18.7 Å². The molecule has 12 heavy (non-hydrogen) atoms. The second kappa shape index (κ2) is 5.02. The average molecular weight is 167 g/mol. The summed E-state index contributed by atoms with van der Waals surface area (Å²) in [7, 11) is 2.08. The maximum Gasteiger partial charge on any atom is 0.0319 e. The molecule has 70 valence electrons. The van der Waals surface area contributed by atoms with Crippen molar-refractivity contribution in [3.05, 3.63) is 23.4 Å². The van der Waals surface area contributed by atoms with Crippen LogP contribution in [0.2, 0.25) is 0 Å². The van der Waals surface area contributed by atoms with E-state index in [9.17, 15) is 0 Å². The Morgan fingerprint density at radius 3 is 2.08 bits per heavy atom. The van der Waals surface area contributed by atoms with Gasteiger partial charge in [-0.3, -0.25) is 0 Å². The van der Waals surface area contributed by atoms with Crippen molar-refractivity contribution in [3.63, 3.8) is 0 Å². The first-order valence-corrected chi connectivity index (χ1v) is 4.61. The summed E-state index contributed by atoms with van der Waals surface area (Å²) in [5, 5.41) is 0. The van der Waals surface area contributed by atoms with Crippen molar-refractivity contribution in [1.82, 2.24) is 4.90 Å². The minimum atomic E-state index is 1.02. The largest absolute Gasteiger partial charge is 0.375 e. The molecular weight excluding hydrogens is 146 g/mol. The molecule has 0 unspecified atom stereocenters. The Balaban J connectivity index is 4.49. The zero-order valence-corrected chi connectivity index (χ0v) is 9.07. The molecule has 1 nitrogen and oxygen atoms in total. The third kappa shape index (κ3) is 2.72. The minimum absolute atomic E-state index is 1.02. The lowest BCUT2D eigenvalue weighted by atomic mass is 10.1. The third-order valence-corrected chi connectivity index (χ3v) is 2.54. The van der Waals surface area contributed by atoms with Crippen LogP contribution < -0.4 is 0 Å². The maximum absolute atomic E-state index is 4.06. The highest BCUT2D eigenvalue weighted by atomic mass is 15.1. The molecule has 0 amide bonds. The Bertz CT molecular complexity index is 189. The van der Waals surface area contributed by atoms with Crippen molar-refractivity contribution in [2.24, 2.45) is 0 Å². The molecule has 0 aliphatic rings. The Hall–Kier alpha value is -0.720. The van der Waals surface area contributed by atoms with Gasteiger partial charge in [0.1, 0.15) is 0 Å². The summed E-state index contributed by atoms with van der Waals surface area (Å²) in [6.07, 6.45) is 1.11. The molecule has 0 fully saturated rings. The van der Waals surface area contributed by atoms with E-state index in [0.29, 0.717) is 0 Å². The first-order valence-electron chi connectivity index (χ1n) is 4.61. The molecule has 0 bridgehead atoms. The highest BCUT2D eigenvalue weighted by Gasteiger charge is 2.03. The smallest absolute Gasteiger partial charge is 0.0319 e. The second-order valence-electron chi connectivity index (χ2n) is 3.22. The van der Waals surface area contributed by atoms with Crippen LogP contribution in [-0.2, 0) is 0 Å². The molecule has 0 saturated heterocycles. The van der Waals surface area contributed by atoms with Crippen LogP contribution >= 0.6 is 0 Å². The van der Waals surface area contributed by atoms with E-state index in [2.05, 4.69) is 46.2 Å². The Labute approximate surface area is 76.8 Å². The van der Waals surface area contributed by atoms with Crippen molar-refractivity contribution in [1.29, 1.82) is 0 Å². The lowest BCUT2D eigenvalue weighted by molar-refractivity contribution is 0.450. The molecule has 0 radical (unpaired) electrons. The molecule has 0 aromatic rings. The van der Waals surface area contributed by atoms with Gasteiger partial charge in [0.05, 0.1) is 0 Å². The Morgan fingerprint density at radius 1 is 1.25 bits per heavy atom. The predicted molar refractivity (Wildman–Crippen MR) is 56.1 cm³/mol. The average Bonchev–Trinajstić information content (AvgIpc) is 2.12. The van der Waals surface area contributed by atoms with Gasteiger partial charge in [0.2, 0.25) is 0 Å². The van der Waals surface area contributed by atoms with E-state index in [1.165, 1.54) is 11.1 Å². The molecule has 0 aliphatic carbocycles. The fourth-order valence-corrected chi connectivity index (χ4v) is 0.989. The topological polar surface area (TPSA) is 3.24 Å². The van der Waals surface area contributed by atoms with Gasteiger partial charge in [-0.1, -0.05) is 19.1 Å². The van der Waals surface area contributed by atoms with E-state index >= 15 is 0 Å². The van der Waals surface area contributed by atoms with Crippen molar-refractivity contribution in [3.8, 4) is 0 Å². The maximum atomic E-state index is 4.06. The normalized spacial score (nSPS) is 12.4. The first kappa shape index (κ1) is 11.3. The Morgan fingerprint density at radius 2 is 1.75 bits per heavy atom. The number of hydrogen-bond donors (Lipinski definition) is 0. The van der Waals surface area contributed by atoms with Crippen LogP contribution in [0, 0.1) is 0 Å². The van der Waals surface area contributed by atoms with E-state index in [4.69, 9.17) is 0 Å². The molecule has 1 heteroatoms. The summed E-state index contributed by atoms with van der Waals surface area (Å²) in [6.45, 7) is 13.7. The third-order valence-electron chi connectivity index (χ3n) is 2.54. The highest BCUT2D eigenvalue weighted by molar-refractivity contribution is 5.29. The van der Waals surface area contributed by atoms with Crippen LogP contribution in [0.25, 0.3) is 0 Å². The van der Waals surface area contributed by atoms with Gasteiger partial charge in [-0.2, -0.15) is 0 Å². The van der Waals surface area contributed by atoms with Gasteiger partial charge < -0.3 is 4.90 Å². The van der Waals surface area contributed by atoms with Gasteiger partial charge in [-0.05, 0) is 32.8 Å². The molecule has 0 aromatic heterocycles. The van der Waals surface area contributed by atoms with Crippen molar-refractivity contribution in [2.75, 3.05) is 13.6 Å². The van der Waals surface area contributed by atoms with Gasteiger partial charge in [0.15, 0.2) is 0 Å². The first-order chi connectivity index (χ1) is 5.54. The van der Waals surface area contributed by atoms with Gasteiger partial charge in [0, 0.05) is 19.3 Å². The Kier molecular flexibility index (Phi) is 4.72. The molecule has 0 N–H and O–H groups in total. The summed E-state index contributed by atoms with van der Waals surface area (Å²) in [6, 6.07) is 0. The van der Waals surface area contributed by atoms with E-state index < -0.39 is 0 Å². The van der Waals surface area contributed by atoms with E-state index in [1.54, 1.807) is 0 Å². The molecule has 0 aromatic carbocycles. The van der Waals surface area contributed by atoms with Crippen molar-refractivity contribution < 1.29 is 0 Å².